The molecule has 9 atom stereocenters. The second-order valence-corrected chi connectivity index (χ2v) is 102. The van der Waals surface area contributed by atoms with Crippen LogP contribution < -0.4 is 56.5 Å². The van der Waals surface area contributed by atoms with Gasteiger partial charge in [0.1, 0.15) is 18.0 Å². The van der Waals surface area contributed by atoms with E-state index in [4.69, 9.17) is 27.8 Å². The first kappa shape index (κ1) is 119. The summed E-state index contributed by atoms with van der Waals surface area (Å²) in [6.07, 6.45) is 29.3. The Morgan fingerprint density at radius 1 is 0.496 bits per heavy atom. The van der Waals surface area contributed by atoms with E-state index in [0.29, 0.717) is 35.1 Å². The SMILES string of the molecule is C.CCCC[P+](CCCC)(CCCC)CCCC(=O)CCC(=O)OC1[C@@H](CC)O[C@@H](n2ccc(=O)[nH]c2=O)[C@H]1O[Si](C(C)C)(C(C)C)C(C)C.CCCC[P+](CCCC)(CCCC)CCCC(C)(CCC(=O)OC1[C@@H](CC)O[C@@H](n2ccc(=O)[nH]c2=O)[C@H]1O[Si](C(C)C)(C(C)C)C(C)C)Sc1ccccc1.[Br-].[Br-].[I][V]([I])[I].[I][V][I]. The van der Waals surface area contributed by atoms with Gasteiger partial charge >= 0.3 is 138 Å². The third-order valence-corrected chi connectivity index (χ3v) is 46.9. The maximum atomic E-state index is 14.2. The molecule has 0 bridgehead atoms. The summed E-state index contributed by atoms with van der Waals surface area (Å²) in [6, 6.07) is 13.2. The molecule has 2 fully saturated rings. The fourth-order valence-corrected chi connectivity index (χ4v) is 40.1. The number of nitrogens with one attached hydrogen (secondary N) is 2. The Kier molecular flexibility index (Phi) is 65.9. The van der Waals surface area contributed by atoms with Gasteiger partial charge in [0.25, 0.3) is 11.1 Å². The monoisotopic (exact) mass is 2470 g/mol. The van der Waals surface area contributed by atoms with E-state index < -0.39 is 109 Å². The Balaban J connectivity index is 0. The van der Waals surface area contributed by atoms with E-state index in [-0.39, 0.29) is 115 Å². The molecule has 669 valence electrons. The number of H-pyrrole nitrogens is 2. The quantitative estimate of drug-likeness (QED) is 0.0177. The predicted molar refractivity (Wildman–Crippen MR) is 524 cm³/mol. The van der Waals surface area contributed by atoms with Crippen LogP contribution in [0.5, 0.6) is 0 Å². The Morgan fingerprint density at radius 2 is 0.809 bits per heavy atom. The van der Waals surface area contributed by atoms with Crippen molar-refractivity contribution in [3.63, 3.8) is 0 Å². The van der Waals surface area contributed by atoms with Gasteiger partial charge in [0.2, 0.25) is 16.6 Å². The van der Waals surface area contributed by atoms with Crippen molar-refractivity contribution in [1.82, 2.24) is 19.1 Å². The zero-order valence-electron chi connectivity index (χ0n) is 73.0. The van der Waals surface area contributed by atoms with Crippen LogP contribution in [0.4, 0.5) is 0 Å². The van der Waals surface area contributed by atoms with Crippen molar-refractivity contribution in [2.75, 3.05) is 49.3 Å². The molecule has 2 saturated heterocycles. The summed E-state index contributed by atoms with van der Waals surface area (Å²) in [7, 11) is -6.55. The number of esters is 2. The van der Waals surface area contributed by atoms with Crippen molar-refractivity contribution in [2.45, 2.75) is 386 Å². The van der Waals surface area contributed by atoms with Gasteiger partial charge in [-0.05, 0) is 122 Å². The number of hydrogen-bond donors (Lipinski definition) is 2. The van der Waals surface area contributed by atoms with E-state index in [1.54, 1.807) is 0 Å². The van der Waals surface area contributed by atoms with Crippen LogP contribution in [0.25, 0.3) is 0 Å². The summed E-state index contributed by atoms with van der Waals surface area (Å²) in [4.78, 5) is 96.5. The molecule has 3 aromatic rings. The fourth-order valence-electron chi connectivity index (χ4n) is 17.5. The van der Waals surface area contributed by atoms with Crippen LogP contribution in [-0.4, -0.2) is 144 Å². The number of thioether (sulfide) groups is 1. The third kappa shape index (κ3) is 39.9. The Morgan fingerprint density at radius 3 is 1.11 bits per heavy atom. The van der Waals surface area contributed by atoms with Crippen molar-refractivity contribution >= 4 is 161 Å². The molecule has 0 radical (unpaired) electrons. The van der Waals surface area contributed by atoms with Crippen LogP contribution in [0.3, 0.4) is 0 Å². The average molecular weight is 2470 g/mol. The van der Waals surface area contributed by atoms with Crippen LogP contribution in [-0.2, 0) is 56.6 Å². The van der Waals surface area contributed by atoms with Crippen molar-refractivity contribution in [2.24, 2.45) is 0 Å². The number of ketones is 1. The van der Waals surface area contributed by atoms with Crippen molar-refractivity contribution in [3.8, 4) is 0 Å². The number of halogens is 7. The summed E-state index contributed by atoms with van der Waals surface area (Å²) in [5.41, 5.74) is -0.647. The number of aromatic amines is 2. The van der Waals surface area contributed by atoms with Gasteiger partial charge in [0.05, 0.1) is 67.9 Å². The molecule has 115 heavy (non-hydrogen) atoms. The fraction of sp³-hybridized carbons (Fsp3) is 0.798. The molecule has 5 rings (SSSR count). The average Bonchev–Trinajstić information content (AvgIpc) is 1.65. The van der Waals surface area contributed by atoms with Gasteiger partial charge in [0.15, 0.2) is 24.7 Å². The molecule has 0 saturated carbocycles. The van der Waals surface area contributed by atoms with Crippen LogP contribution in [0.1, 0.15) is 307 Å². The zero-order valence-corrected chi connectivity index (χ0v) is 94.4. The molecule has 1 aromatic carbocycles. The molecule has 31 heteroatoms. The molecule has 17 nitrogen and oxygen atoms in total. The summed E-state index contributed by atoms with van der Waals surface area (Å²) < 4.78 is 42.8. The molecule has 3 unspecified atom stereocenters. The number of carbonyl (C=O) groups excluding carboxylic acids is 3. The van der Waals surface area contributed by atoms with E-state index in [1.165, 1.54) is 171 Å². The minimum absolute atomic E-state index is 0. The van der Waals surface area contributed by atoms with Crippen molar-refractivity contribution < 1.29 is 90.5 Å². The normalized spacial score (nSPS) is 18.9. The van der Waals surface area contributed by atoms with Gasteiger partial charge in [-0.3, -0.25) is 43.1 Å². The topological polar surface area (TPSA) is 216 Å². The minimum atomic E-state index is -2.54. The van der Waals surface area contributed by atoms with Gasteiger partial charge in [-0.1, -0.05) is 210 Å². The molecule has 0 spiro atoms. The molecule has 0 amide bonds. The van der Waals surface area contributed by atoms with Crippen LogP contribution >= 0.6 is 126 Å². The van der Waals surface area contributed by atoms with E-state index in [0.717, 1.165) is 12.8 Å². The molecular weight excluding hydrogens is 2320 g/mol. The number of hydrogen-bond acceptors (Lipinski definition) is 14. The van der Waals surface area contributed by atoms with Crippen LogP contribution in [0.2, 0.25) is 33.2 Å². The Labute approximate surface area is 792 Å². The summed E-state index contributed by atoms with van der Waals surface area (Å²) >= 11 is 14.0. The van der Waals surface area contributed by atoms with Gasteiger partial charge < -0.3 is 61.8 Å². The van der Waals surface area contributed by atoms with Gasteiger partial charge in [-0.2, -0.15) is 0 Å². The third-order valence-electron chi connectivity index (χ3n) is 23.2. The van der Waals surface area contributed by atoms with E-state index >= 15 is 0 Å². The number of ether oxygens (including phenoxy) is 4. The maximum absolute atomic E-state index is 14.2. The Bertz CT molecular complexity index is 3290. The first-order chi connectivity index (χ1) is 53.0. The Hall–Kier alpha value is 2.45. The summed E-state index contributed by atoms with van der Waals surface area (Å²) in [6.45, 7) is 46.5. The van der Waals surface area contributed by atoms with E-state index in [2.05, 4.69) is 272 Å². The van der Waals surface area contributed by atoms with Crippen molar-refractivity contribution in [1.29, 1.82) is 0 Å². The van der Waals surface area contributed by atoms with Gasteiger partial charge in [-0.25, -0.2) is 9.59 Å². The second-order valence-electron chi connectivity index (χ2n) is 33.2. The molecule has 2 aliphatic rings. The van der Waals surface area contributed by atoms with E-state index in [1.807, 2.05) is 25.6 Å². The summed E-state index contributed by atoms with van der Waals surface area (Å²) in [5, 5.41) is 0. The molecule has 0 aliphatic carbocycles. The zero-order chi connectivity index (χ0) is 84.6. The second kappa shape index (κ2) is 63.4. The number of Topliss-reactive ketones (excluding diaryl/α,β-unsaturated/α-hetero) is 1. The first-order valence-electron chi connectivity index (χ1n) is 42.3. The number of aromatic nitrogens is 4. The number of benzene rings is 1. The molecular formula is C84H152Br2I5N4O13P2SSi2V2. The van der Waals surface area contributed by atoms with E-state index in [9.17, 15) is 33.6 Å². The predicted octanol–water partition coefficient (Wildman–Crippen LogP) is 19.8. The standard InChI is InChI=1S/C45H77N2O6PSSi.C38H69N2O7PSi.CH4.2BrH.5HI.2V/c1-12-16-30-54(31-17-13-2,32-18-14-3)33-22-27-45(11,55-37-23-20-19-21-24-37)28-25-40(49)52-41-38(15-4)51-43(47-29-26-39(48)46-44(47)50)42(41)53-56(34(5)6,35(7)8)36(9)10;1-11-15-24-48(25-16-12-2,26-17-13-3)27-18-19-31(41)20-21-34(43)46-35-32(14-4)45-37(40-23-22-33(42)39-38(40)44)36(35)47-49(28(5)6,29(7)8)30(9)10;;;;;;;;;;/h19-21,23-24,26,29,34-36,38,41-43H,12-18,22,25,27-28,30-33H2,1-11H3;22-23,28-30,32,35-37H,11-21,24-27H2,1-10H3;1H4;7*1H;;/q;;;;;;;;;;+2;+3/p-5/t38-,41?,42+,43-,45?;32-,35?,36+,37-;;;;;;;;;;/m11........../s1. The first-order valence-corrected chi connectivity index (χ1v) is 75.0. The molecule has 4 heterocycles. The van der Waals surface area contributed by atoms with Gasteiger partial charge in [0, 0.05) is 68.0 Å². The number of carbonyl (C=O) groups is 3. The number of unbranched alkanes of at least 4 members (excludes halogenated alkanes) is 6. The number of nitrogens with zero attached hydrogens (tertiary/aromatic N) is 2. The van der Waals surface area contributed by atoms with Gasteiger partial charge in [-0.15, -0.1) is 11.8 Å². The van der Waals surface area contributed by atoms with Crippen LogP contribution in [0, 0.1) is 0 Å². The molecule has 2 N–H and O–H groups in total. The van der Waals surface area contributed by atoms with Crippen molar-refractivity contribution in [3.05, 3.63) is 96.5 Å². The molecule has 2 aromatic heterocycles. The van der Waals surface area contributed by atoms with Crippen LogP contribution in [0.15, 0.2) is 78.9 Å². The number of rotatable bonds is 50. The molecule has 2 aliphatic heterocycles. The summed E-state index contributed by atoms with van der Waals surface area (Å²) in [5.74, 6) is -0.603.